The third-order valence-electron chi connectivity index (χ3n) is 4.23. The Morgan fingerprint density at radius 1 is 1.17 bits per heavy atom. The molecule has 0 saturated carbocycles. The molecular formula is C19H28N2O2. The van der Waals surface area contributed by atoms with Gasteiger partial charge in [-0.1, -0.05) is 26.7 Å². The summed E-state index contributed by atoms with van der Waals surface area (Å²) in [6.45, 7) is 6.05. The third-order valence-corrected chi connectivity index (χ3v) is 4.23. The SMILES string of the molecule is CCCCN(CCCC)C(=O)Cc1c[nH]c2ccc(OC)cc12. The lowest BCUT2D eigenvalue weighted by Crippen LogP contribution is -2.34. The van der Waals surface area contributed by atoms with Crippen molar-refractivity contribution in [3.63, 3.8) is 0 Å². The second kappa shape index (κ2) is 8.61. The molecule has 4 heteroatoms. The summed E-state index contributed by atoms with van der Waals surface area (Å²) < 4.78 is 5.30. The van der Waals surface area contributed by atoms with Crippen LogP contribution in [0.25, 0.3) is 10.9 Å². The maximum absolute atomic E-state index is 12.7. The predicted molar refractivity (Wildman–Crippen MR) is 95.0 cm³/mol. The van der Waals surface area contributed by atoms with Crippen LogP contribution in [0, 0.1) is 0 Å². The molecule has 4 nitrogen and oxygen atoms in total. The molecular weight excluding hydrogens is 288 g/mol. The number of nitrogens with one attached hydrogen (secondary N) is 1. The summed E-state index contributed by atoms with van der Waals surface area (Å²) >= 11 is 0. The van der Waals surface area contributed by atoms with E-state index in [-0.39, 0.29) is 5.91 Å². The van der Waals surface area contributed by atoms with Gasteiger partial charge in [0.2, 0.25) is 5.91 Å². The lowest BCUT2D eigenvalue weighted by Gasteiger charge is -2.22. The first-order valence-electron chi connectivity index (χ1n) is 8.61. The van der Waals surface area contributed by atoms with Crippen LogP contribution in [0.5, 0.6) is 5.75 Å². The zero-order chi connectivity index (χ0) is 16.7. The number of carbonyl (C=O) groups excluding carboxylic acids is 1. The van der Waals surface area contributed by atoms with Crippen molar-refractivity contribution in [1.82, 2.24) is 9.88 Å². The van der Waals surface area contributed by atoms with E-state index in [2.05, 4.69) is 18.8 Å². The number of unbranched alkanes of at least 4 members (excludes halogenated alkanes) is 2. The van der Waals surface area contributed by atoms with Gasteiger partial charge in [-0.2, -0.15) is 0 Å². The van der Waals surface area contributed by atoms with Crippen LogP contribution in [0.2, 0.25) is 0 Å². The molecule has 1 N–H and O–H groups in total. The Labute approximate surface area is 138 Å². The van der Waals surface area contributed by atoms with Crippen LogP contribution in [0.1, 0.15) is 45.1 Å². The summed E-state index contributed by atoms with van der Waals surface area (Å²) in [5, 5.41) is 1.07. The van der Waals surface area contributed by atoms with Gasteiger partial charge >= 0.3 is 0 Å². The number of carbonyl (C=O) groups is 1. The molecule has 2 rings (SSSR count). The lowest BCUT2D eigenvalue weighted by molar-refractivity contribution is -0.130. The van der Waals surface area contributed by atoms with Crippen molar-refractivity contribution in [1.29, 1.82) is 0 Å². The fourth-order valence-corrected chi connectivity index (χ4v) is 2.76. The Bertz CT molecular complexity index is 625. The molecule has 1 aromatic carbocycles. The standard InChI is InChI=1S/C19H28N2O2/c1-4-6-10-21(11-7-5-2)19(22)12-15-14-20-18-9-8-16(23-3)13-17(15)18/h8-9,13-14,20H,4-7,10-12H2,1-3H3. The van der Waals surface area contributed by atoms with Crippen molar-refractivity contribution in [2.45, 2.75) is 46.0 Å². The van der Waals surface area contributed by atoms with Crippen molar-refractivity contribution in [2.75, 3.05) is 20.2 Å². The smallest absolute Gasteiger partial charge is 0.227 e. The van der Waals surface area contributed by atoms with Gasteiger partial charge in [-0.3, -0.25) is 4.79 Å². The summed E-state index contributed by atoms with van der Waals surface area (Å²) in [6, 6.07) is 5.92. The third kappa shape index (κ3) is 4.50. The van der Waals surface area contributed by atoms with E-state index in [0.717, 1.165) is 61.0 Å². The average Bonchev–Trinajstić information content (AvgIpc) is 2.97. The Morgan fingerprint density at radius 2 is 1.87 bits per heavy atom. The number of rotatable bonds is 9. The Kier molecular flexibility index (Phi) is 6.51. The molecule has 23 heavy (non-hydrogen) atoms. The molecule has 0 saturated heterocycles. The number of methoxy groups -OCH3 is 1. The largest absolute Gasteiger partial charge is 0.497 e. The molecule has 0 spiro atoms. The molecule has 2 aromatic rings. The van der Waals surface area contributed by atoms with E-state index < -0.39 is 0 Å². The van der Waals surface area contributed by atoms with Crippen LogP contribution in [0.4, 0.5) is 0 Å². The van der Waals surface area contributed by atoms with Gasteiger partial charge in [-0.25, -0.2) is 0 Å². The van der Waals surface area contributed by atoms with Gasteiger partial charge in [0, 0.05) is 30.2 Å². The number of hydrogen-bond donors (Lipinski definition) is 1. The number of aromatic amines is 1. The second-order valence-electron chi connectivity index (χ2n) is 5.99. The number of benzene rings is 1. The highest BCUT2D eigenvalue weighted by molar-refractivity contribution is 5.89. The van der Waals surface area contributed by atoms with Crippen molar-refractivity contribution >= 4 is 16.8 Å². The summed E-state index contributed by atoms with van der Waals surface area (Å²) in [5.41, 5.74) is 2.09. The minimum Gasteiger partial charge on any atom is -0.497 e. The van der Waals surface area contributed by atoms with E-state index in [1.165, 1.54) is 0 Å². The number of nitrogens with zero attached hydrogens (tertiary/aromatic N) is 1. The minimum absolute atomic E-state index is 0.218. The summed E-state index contributed by atoms with van der Waals surface area (Å²) in [7, 11) is 1.66. The number of fused-ring (bicyclic) bond motifs is 1. The van der Waals surface area contributed by atoms with Gasteiger partial charge in [-0.05, 0) is 36.6 Å². The highest BCUT2D eigenvalue weighted by Crippen LogP contribution is 2.24. The maximum atomic E-state index is 12.7. The number of amides is 1. The topological polar surface area (TPSA) is 45.3 Å². The van der Waals surface area contributed by atoms with E-state index in [0.29, 0.717) is 6.42 Å². The first kappa shape index (κ1) is 17.4. The molecule has 0 fully saturated rings. The quantitative estimate of drug-likeness (QED) is 0.755. The zero-order valence-corrected chi connectivity index (χ0v) is 14.5. The fourth-order valence-electron chi connectivity index (χ4n) is 2.76. The van der Waals surface area contributed by atoms with Crippen molar-refractivity contribution in [3.8, 4) is 5.75 Å². The number of H-pyrrole nitrogens is 1. The molecule has 126 valence electrons. The molecule has 1 aromatic heterocycles. The summed E-state index contributed by atoms with van der Waals surface area (Å²) in [5.74, 6) is 1.04. The van der Waals surface area contributed by atoms with Gasteiger partial charge in [0.1, 0.15) is 5.75 Å². The minimum atomic E-state index is 0.218. The van der Waals surface area contributed by atoms with E-state index in [4.69, 9.17) is 4.74 Å². The van der Waals surface area contributed by atoms with Crippen LogP contribution < -0.4 is 4.74 Å². The van der Waals surface area contributed by atoms with Gasteiger partial charge in [0.15, 0.2) is 0 Å². The molecule has 0 radical (unpaired) electrons. The normalized spacial score (nSPS) is 10.9. The van der Waals surface area contributed by atoms with E-state index >= 15 is 0 Å². The van der Waals surface area contributed by atoms with Gasteiger partial charge in [-0.15, -0.1) is 0 Å². The predicted octanol–water partition coefficient (Wildman–Crippen LogP) is 4.15. The van der Waals surface area contributed by atoms with Crippen LogP contribution in [-0.2, 0) is 11.2 Å². The van der Waals surface area contributed by atoms with Crippen LogP contribution in [0.15, 0.2) is 24.4 Å². The monoisotopic (exact) mass is 316 g/mol. The second-order valence-corrected chi connectivity index (χ2v) is 5.99. The molecule has 1 amide bonds. The fraction of sp³-hybridized carbons (Fsp3) is 0.526. The summed E-state index contributed by atoms with van der Waals surface area (Å²) in [4.78, 5) is 18.0. The summed E-state index contributed by atoms with van der Waals surface area (Å²) in [6.07, 6.45) is 6.75. The van der Waals surface area contributed by atoms with Gasteiger partial charge < -0.3 is 14.6 Å². The van der Waals surface area contributed by atoms with Crippen molar-refractivity contribution < 1.29 is 9.53 Å². The Morgan fingerprint density at radius 3 is 2.48 bits per heavy atom. The van der Waals surface area contributed by atoms with Crippen LogP contribution in [0.3, 0.4) is 0 Å². The van der Waals surface area contributed by atoms with E-state index in [1.807, 2.05) is 29.3 Å². The molecule has 0 bridgehead atoms. The van der Waals surface area contributed by atoms with E-state index in [9.17, 15) is 4.79 Å². The molecule has 0 aliphatic heterocycles. The molecule has 1 heterocycles. The number of ether oxygens (including phenoxy) is 1. The highest BCUT2D eigenvalue weighted by Gasteiger charge is 2.15. The van der Waals surface area contributed by atoms with Crippen LogP contribution >= 0.6 is 0 Å². The molecule has 0 aliphatic rings. The lowest BCUT2D eigenvalue weighted by atomic mass is 10.1. The first-order valence-corrected chi connectivity index (χ1v) is 8.61. The number of aromatic nitrogens is 1. The van der Waals surface area contributed by atoms with Crippen molar-refractivity contribution in [3.05, 3.63) is 30.0 Å². The molecule has 0 atom stereocenters. The van der Waals surface area contributed by atoms with E-state index in [1.54, 1.807) is 7.11 Å². The Balaban J connectivity index is 2.13. The molecule has 0 aliphatic carbocycles. The molecule has 0 unspecified atom stereocenters. The number of hydrogen-bond acceptors (Lipinski definition) is 2. The van der Waals surface area contributed by atoms with Gasteiger partial charge in [0.25, 0.3) is 0 Å². The average molecular weight is 316 g/mol. The first-order chi connectivity index (χ1) is 11.2. The zero-order valence-electron chi connectivity index (χ0n) is 14.5. The highest BCUT2D eigenvalue weighted by atomic mass is 16.5. The van der Waals surface area contributed by atoms with Crippen LogP contribution in [-0.4, -0.2) is 36.0 Å². The van der Waals surface area contributed by atoms with Crippen molar-refractivity contribution in [2.24, 2.45) is 0 Å². The van der Waals surface area contributed by atoms with Gasteiger partial charge in [0.05, 0.1) is 13.5 Å². The maximum Gasteiger partial charge on any atom is 0.227 e. The Hall–Kier alpha value is -1.97.